The Balaban J connectivity index is 3.42. The molecule has 0 aliphatic carbocycles. The van der Waals surface area contributed by atoms with Crippen LogP contribution in [0, 0.1) is 0 Å². The summed E-state index contributed by atoms with van der Waals surface area (Å²) in [5.74, 6) is -0.114. The summed E-state index contributed by atoms with van der Waals surface area (Å²) < 4.78 is 0. The van der Waals surface area contributed by atoms with Crippen molar-refractivity contribution < 1.29 is 9.59 Å². The van der Waals surface area contributed by atoms with Crippen LogP contribution in [-0.2, 0) is 9.59 Å². The average Bonchev–Trinajstić information content (AvgIpc) is 2.10. The molecule has 1 unspecified atom stereocenters. The van der Waals surface area contributed by atoms with E-state index in [2.05, 4.69) is 16.0 Å². The highest BCUT2D eigenvalue weighted by Crippen LogP contribution is 1.78. The van der Waals surface area contributed by atoms with Crippen molar-refractivity contribution in [3.63, 3.8) is 0 Å². The van der Waals surface area contributed by atoms with Crippen molar-refractivity contribution in [1.82, 2.24) is 16.0 Å². The Kier molecular flexibility index (Phi) is 5.88. The number of rotatable bonds is 5. The van der Waals surface area contributed by atoms with Gasteiger partial charge >= 0.3 is 0 Å². The van der Waals surface area contributed by atoms with E-state index in [0.29, 0.717) is 13.1 Å². The van der Waals surface area contributed by atoms with Crippen molar-refractivity contribution in [1.29, 1.82) is 0 Å². The molecule has 13 heavy (non-hydrogen) atoms. The second-order valence-corrected chi connectivity index (χ2v) is 2.77. The molecule has 0 rings (SSSR count). The maximum Gasteiger partial charge on any atom is 0.236 e. The van der Waals surface area contributed by atoms with E-state index in [0.717, 1.165) is 0 Å². The molecule has 5 heteroatoms. The van der Waals surface area contributed by atoms with Gasteiger partial charge in [-0.25, -0.2) is 0 Å². The number of carbonyl (C=O) groups excluding carboxylic acids is 2. The molecule has 0 aromatic carbocycles. The fraction of sp³-hybridized carbons (Fsp3) is 0.750. The lowest BCUT2D eigenvalue weighted by molar-refractivity contribution is -0.122. The second kappa shape index (κ2) is 6.42. The van der Waals surface area contributed by atoms with E-state index < -0.39 is 0 Å². The highest BCUT2D eigenvalue weighted by Gasteiger charge is 2.08. The molecule has 0 aromatic heterocycles. The first-order chi connectivity index (χ1) is 6.07. The predicted octanol–water partition coefficient (Wildman–Crippen LogP) is -1.15. The van der Waals surface area contributed by atoms with Crippen molar-refractivity contribution in [3.05, 3.63) is 0 Å². The Morgan fingerprint density at radius 2 is 1.92 bits per heavy atom. The third-order valence-electron chi connectivity index (χ3n) is 1.59. The van der Waals surface area contributed by atoms with Crippen molar-refractivity contribution >= 4 is 11.8 Å². The molecular formula is C8H17N3O2. The maximum absolute atomic E-state index is 11.0. The maximum atomic E-state index is 11.0. The molecule has 0 spiro atoms. The van der Waals surface area contributed by atoms with E-state index >= 15 is 0 Å². The van der Waals surface area contributed by atoms with E-state index in [1.165, 1.54) is 6.92 Å². The largest absolute Gasteiger partial charge is 0.358 e. The van der Waals surface area contributed by atoms with Gasteiger partial charge in [-0.15, -0.1) is 0 Å². The Hall–Kier alpha value is -1.10. The predicted molar refractivity (Wildman–Crippen MR) is 50.2 cm³/mol. The molecule has 3 N–H and O–H groups in total. The minimum Gasteiger partial charge on any atom is -0.358 e. The normalized spacial score (nSPS) is 11.9. The van der Waals surface area contributed by atoms with Gasteiger partial charge < -0.3 is 16.0 Å². The number of likely N-dealkylation sites (N-methyl/N-ethyl adjacent to an activating group) is 1. The van der Waals surface area contributed by atoms with Crippen LogP contribution >= 0.6 is 0 Å². The van der Waals surface area contributed by atoms with Gasteiger partial charge in [0.25, 0.3) is 0 Å². The third-order valence-corrected chi connectivity index (χ3v) is 1.59. The lowest BCUT2D eigenvalue weighted by Gasteiger charge is -2.11. The molecule has 0 radical (unpaired) electrons. The van der Waals surface area contributed by atoms with Crippen LogP contribution in [0.2, 0.25) is 0 Å². The van der Waals surface area contributed by atoms with Crippen LogP contribution in [0.3, 0.4) is 0 Å². The van der Waals surface area contributed by atoms with Crippen LogP contribution in [0.4, 0.5) is 0 Å². The Morgan fingerprint density at radius 1 is 1.31 bits per heavy atom. The fourth-order valence-corrected chi connectivity index (χ4v) is 0.836. The van der Waals surface area contributed by atoms with Gasteiger partial charge in [-0.2, -0.15) is 0 Å². The zero-order valence-electron chi connectivity index (χ0n) is 8.31. The van der Waals surface area contributed by atoms with E-state index in [-0.39, 0.29) is 17.9 Å². The lowest BCUT2D eigenvalue weighted by atomic mass is 10.3. The van der Waals surface area contributed by atoms with Gasteiger partial charge in [0.15, 0.2) is 0 Å². The highest BCUT2D eigenvalue weighted by atomic mass is 16.2. The SMILES string of the molecule is CNC(=O)C(C)NCCNC(C)=O. The topological polar surface area (TPSA) is 70.2 Å². The first-order valence-corrected chi connectivity index (χ1v) is 4.27. The summed E-state index contributed by atoms with van der Waals surface area (Å²) in [5.41, 5.74) is 0. The summed E-state index contributed by atoms with van der Waals surface area (Å²) in [6.45, 7) is 4.36. The summed E-state index contributed by atoms with van der Waals surface area (Å²) in [6.07, 6.45) is 0. The van der Waals surface area contributed by atoms with Crippen LogP contribution in [-0.4, -0.2) is 38.0 Å². The van der Waals surface area contributed by atoms with Crippen LogP contribution in [0.25, 0.3) is 0 Å². The number of hydrogen-bond acceptors (Lipinski definition) is 3. The number of hydrogen-bond donors (Lipinski definition) is 3. The van der Waals surface area contributed by atoms with Gasteiger partial charge in [0.1, 0.15) is 0 Å². The molecule has 0 aliphatic rings. The molecule has 0 bridgehead atoms. The van der Waals surface area contributed by atoms with Gasteiger partial charge in [0, 0.05) is 27.1 Å². The van der Waals surface area contributed by atoms with E-state index in [1.54, 1.807) is 14.0 Å². The van der Waals surface area contributed by atoms with Gasteiger partial charge in [-0.1, -0.05) is 0 Å². The van der Waals surface area contributed by atoms with Crippen LogP contribution in [0.1, 0.15) is 13.8 Å². The second-order valence-electron chi connectivity index (χ2n) is 2.77. The summed E-state index contributed by atoms with van der Waals surface area (Å²) in [4.78, 5) is 21.4. The first kappa shape index (κ1) is 11.9. The molecule has 76 valence electrons. The fourth-order valence-electron chi connectivity index (χ4n) is 0.836. The van der Waals surface area contributed by atoms with Crippen LogP contribution in [0.15, 0.2) is 0 Å². The number of carbonyl (C=O) groups is 2. The average molecular weight is 187 g/mol. The van der Waals surface area contributed by atoms with Gasteiger partial charge in [0.05, 0.1) is 6.04 Å². The summed E-state index contributed by atoms with van der Waals surface area (Å²) in [5, 5.41) is 8.11. The molecule has 5 nitrogen and oxygen atoms in total. The molecule has 2 amide bonds. The number of nitrogens with one attached hydrogen (secondary N) is 3. The minimum atomic E-state index is -0.223. The van der Waals surface area contributed by atoms with Crippen molar-refractivity contribution in [3.8, 4) is 0 Å². The van der Waals surface area contributed by atoms with Crippen LogP contribution in [0.5, 0.6) is 0 Å². The van der Waals surface area contributed by atoms with E-state index in [9.17, 15) is 9.59 Å². The zero-order valence-corrected chi connectivity index (χ0v) is 8.31. The molecule has 0 aliphatic heterocycles. The summed E-state index contributed by atoms with van der Waals surface area (Å²) in [6, 6.07) is -0.223. The van der Waals surface area contributed by atoms with E-state index in [4.69, 9.17) is 0 Å². The summed E-state index contributed by atoms with van der Waals surface area (Å²) in [7, 11) is 1.59. The molecule has 0 heterocycles. The summed E-state index contributed by atoms with van der Waals surface area (Å²) >= 11 is 0. The Bertz CT molecular complexity index is 182. The van der Waals surface area contributed by atoms with Gasteiger partial charge in [-0.05, 0) is 6.92 Å². The van der Waals surface area contributed by atoms with E-state index in [1.807, 2.05) is 0 Å². The molecule has 1 atom stereocenters. The molecule has 0 fully saturated rings. The molecule has 0 saturated carbocycles. The lowest BCUT2D eigenvalue weighted by Crippen LogP contribution is -2.43. The minimum absolute atomic E-state index is 0.0529. The van der Waals surface area contributed by atoms with Crippen molar-refractivity contribution in [2.75, 3.05) is 20.1 Å². The van der Waals surface area contributed by atoms with Crippen LogP contribution < -0.4 is 16.0 Å². The highest BCUT2D eigenvalue weighted by molar-refractivity contribution is 5.80. The quantitative estimate of drug-likeness (QED) is 0.476. The van der Waals surface area contributed by atoms with Gasteiger partial charge in [-0.3, -0.25) is 9.59 Å². The number of amides is 2. The van der Waals surface area contributed by atoms with Crippen molar-refractivity contribution in [2.45, 2.75) is 19.9 Å². The molecule has 0 saturated heterocycles. The Labute approximate surface area is 78.3 Å². The standard InChI is InChI=1S/C8H17N3O2/c1-6(8(13)9-3)10-4-5-11-7(2)12/h6,10H,4-5H2,1-3H3,(H,9,13)(H,11,12). The first-order valence-electron chi connectivity index (χ1n) is 4.27. The Morgan fingerprint density at radius 3 is 2.38 bits per heavy atom. The molecular weight excluding hydrogens is 170 g/mol. The molecule has 0 aromatic rings. The van der Waals surface area contributed by atoms with Crippen molar-refractivity contribution in [2.24, 2.45) is 0 Å². The van der Waals surface area contributed by atoms with Gasteiger partial charge in [0.2, 0.25) is 11.8 Å². The monoisotopic (exact) mass is 187 g/mol. The third kappa shape index (κ3) is 6.10. The smallest absolute Gasteiger partial charge is 0.236 e. The zero-order chi connectivity index (χ0) is 10.3.